The minimum Gasteiger partial charge on any atom is -0.394 e. The largest absolute Gasteiger partial charge is 0.394 e. The zero-order valence-corrected chi connectivity index (χ0v) is 22.1. The van der Waals surface area contributed by atoms with Gasteiger partial charge in [-0.2, -0.15) is 0 Å². The zero-order valence-electron chi connectivity index (χ0n) is 18.7. The Hall–Kier alpha value is -2.48. The number of ketones is 1. The van der Waals surface area contributed by atoms with Gasteiger partial charge in [0.25, 0.3) is 0 Å². The SMILES string of the molecule is Br.Br.Cc1ccc(CC(CO)n2c(=N)n(CC(=O)c3ccc(C)cc3)c3ccccc32)cc1. The Balaban J connectivity index is 0.00000193. The van der Waals surface area contributed by atoms with E-state index in [0.29, 0.717) is 12.0 Å². The summed E-state index contributed by atoms with van der Waals surface area (Å²) in [5.41, 5.74) is 5.89. The van der Waals surface area contributed by atoms with Crippen molar-refractivity contribution in [3.8, 4) is 0 Å². The maximum absolute atomic E-state index is 12.9. The first-order chi connectivity index (χ1) is 15.0. The third kappa shape index (κ3) is 5.72. The average Bonchev–Trinajstić information content (AvgIpc) is 3.05. The highest BCUT2D eigenvalue weighted by molar-refractivity contribution is 8.93. The molecule has 0 bridgehead atoms. The number of benzene rings is 3. The highest BCUT2D eigenvalue weighted by Crippen LogP contribution is 2.21. The van der Waals surface area contributed by atoms with Crippen molar-refractivity contribution in [2.24, 2.45) is 0 Å². The summed E-state index contributed by atoms with van der Waals surface area (Å²) in [5.74, 6) is -0.0412. The van der Waals surface area contributed by atoms with Gasteiger partial charge in [-0.15, -0.1) is 34.0 Å². The third-order valence-corrected chi connectivity index (χ3v) is 5.76. The molecule has 4 rings (SSSR count). The Morgan fingerprint density at radius 3 is 2.00 bits per heavy atom. The molecule has 174 valence electrons. The van der Waals surface area contributed by atoms with Crippen LogP contribution in [0.3, 0.4) is 0 Å². The first kappa shape index (κ1) is 26.8. The van der Waals surface area contributed by atoms with Gasteiger partial charge in [0.05, 0.1) is 30.2 Å². The van der Waals surface area contributed by atoms with Crippen LogP contribution in [-0.4, -0.2) is 26.6 Å². The second-order valence-electron chi connectivity index (χ2n) is 8.08. The lowest BCUT2D eigenvalue weighted by molar-refractivity contribution is 0.0971. The summed E-state index contributed by atoms with van der Waals surface area (Å²) in [7, 11) is 0. The molecule has 0 spiro atoms. The molecule has 5 nitrogen and oxygen atoms in total. The van der Waals surface area contributed by atoms with E-state index in [-0.39, 0.29) is 64.6 Å². The van der Waals surface area contributed by atoms with Crippen molar-refractivity contribution in [2.75, 3.05) is 6.61 Å². The molecule has 2 N–H and O–H groups in total. The molecule has 1 atom stereocenters. The van der Waals surface area contributed by atoms with Crippen LogP contribution in [0.4, 0.5) is 0 Å². The summed E-state index contributed by atoms with van der Waals surface area (Å²) in [6.07, 6.45) is 0.604. The Morgan fingerprint density at radius 2 is 1.42 bits per heavy atom. The van der Waals surface area contributed by atoms with Crippen molar-refractivity contribution >= 4 is 50.8 Å². The van der Waals surface area contributed by atoms with Gasteiger partial charge in [-0.25, -0.2) is 0 Å². The van der Waals surface area contributed by atoms with E-state index < -0.39 is 0 Å². The molecule has 0 saturated heterocycles. The number of para-hydroxylation sites is 2. The third-order valence-electron chi connectivity index (χ3n) is 5.76. The Kier molecular flexibility index (Phi) is 9.40. The van der Waals surface area contributed by atoms with Gasteiger partial charge in [0, 0.05) is 5.56 Å². The van der Waals surface area contributed by atoms with E-state index >= 15 is 0 Å². The number of hydrogen-bond acceptors (Lipinski definition) is 3. The number of Topliss-reactive ketones (excluding diaryl/α,β-unsaturated/α-hetero) is 1. The smallest absolute Gasteiger partial charge is 0.203 e. The molecule has 1 aromatic heterocycles. The molecule has 0 saturated carbocycles. The van der Waals surface area contributed by atoms with Crippen LogP contribution in [0.2, 0.25) is 0 Å². The van der Waals surface area contributed by atoms with Gasteiger partial charge in [-0.05, 0) is 38.0 Å². The quantitative estimate of drug-likeness (QED) is 0.292. The fourth-order valence-corrected chi connectivity index (χ4v) is 3.99. The number of halogens is 2. The number of aryl methyl sites for hydroxylation is 2. The summed E-state index contributed by atoms with van der Waals surface area (Å²) in [6, 6.07) is 23.1. The van der Waals surface area contributed by atoms with Crippen LogP contribution in [0.5, 0.6) is 0 Å². The molecule has 0 radical (unpaired) electrons. The second kappa shape index (κ2) is 11.6. The Labute approximate surface area is 214 Å². The number of fused-ring (bicyclic) bond motifs is 1. The molecule has 7 heteroatoms. The monoisotopic (exact) mass is 573 g/mol. The van der Waals surface area contributed by atoms with E-state index in [1.807, 2.05) is 66.9 Å². The van der Waals surface area contributed by atoms with Crippen LogP contribution >= 0.6 is 34.0 Å². The normalized spacial score (nSPS) is 11.5. The molecule has 0 aliphatic carbocycles. The number of carbonyl (C=O) groups is 1. The topological polar surface area (TPSA) is 71.0 Å². The number of rotatable bonds is 7. The van der Waals surface area contributed by atoms with Crippen LogP contribution in [0.25, 0.3) is 11.0 Å². The Bertz CT molecular complexity index is 1280. The van der Waals surface area contributed by atoms with Gasteiger partial charge < -0.3 is 14.2 Å². The summed E-state index contributed by atoms with van der Waals surface area (Å²) >= 11 is 0. The first-order valence-electron chi connectivity index (χ1n) is 10.5. The van der Waals surface area contributed by atoms with Gasteiger partial charge in [-0.1, -0.05) is 71.8 Å². The van der Waals surface area contributed by atoms with Crippen molar-refractivity contribution in [2.45, 2.75) is 32.9 Å². The molecular formula is C26H29Br2N3O2. The standard InChI is InChI=1S/C26H27N3O2.2BrH/c1-18-7-11-20(12-8-18)15-22(17-30)29-24-6-4-3-5-23(24)28(26(29)27)16-25(31)21-13-9-19(2)10-14-21;;/h3-14,22,27,30H,15-17H2,1-2H3;2*1H. The van der Waals surface area contributed by atoms with Gasteiger partial charge in [0.1, 0.15) is 0 Å². The van der Waals surface area contributed by atoms with Gasteiger partial charge in [0.2, 0.25) is 5.62 Å². The summed E-state index contributed by atoms with van der Waals surface area (Å²) in [4.78, 5) is 12.9. The number of carbonyl (C=O) groups excluding carboxylic acids is 1. The van der Waals surface area contributed by atoms with Crippen molar-refractivity contribution in [1.29, 1.82) is 5.41 Å². The second-order valence-corrected chi connectivity index (χ2v) is 8.08. The van der Waals surface area contributed by atoms with E-state index in [9.17, 15) is 9.90 Å². The van der Waals surface area contributed by atoms with E-state index in [0.717, 1.165) is 22.2 Å². The van der Waals surface area contributed by atoms with Crippen molar-refractivity contribution < 1.29 is 9.90 Å². The highest BCUT2D eigenvalue weighted by atomic mass is 79.9. The van der Waals surface area contributed by atoms with Crippen LogP contribution in [0.15, 0.2) is 72.8 Å². The number of imidazole rings is 1. The average molecular weight is 575 g/mol. The molecular weight excluding hydrogens is 546 g/mol. The lowest BCUT2D eigenvalue weighted by Gasteiger charge is -2.17. The van der Waals surface area contributed by atoms with Gasteiger partial charge >= 0.3 is 0 Å². The minimum atomic E-state index is -0.296. The van der Waals surface area contributed by atoms with Gasteiger partial charge in [-0.3, -0.25) is 10.2 Å². The summed E-state index contributed by atoms with van der Waals surface area (Å²) < 4.78 is 3.58. The molecule has 0 aliphatic heterocycles. The van der Waals surface area contributed by atoms with E-state index in [2.05, 4.69) is 24.3 Å². The number of nitrogens with zero attached hydrogens (tertiary/aromatic N) is 2. The number of aliphatic hydroxyl groups is 1. The molecule has 4 aromatic rings. The minimum absolute atomic E-state index is 0. The lowest BCUT2D eigenvalue weighted by Crippen LogP contribution is -2.32. The molecule has 33 heavy (non-hydrogen) atoms. The number of nitrogens with one attached hydrogen (secondary N) is 1. The fourth-order valence-electron chi connectivity index (χ4n) is 3.99. The van der Waals surface area contributed by atoms with E-state index in [1.54, 1.807) is 4.57 Å². The van der Waals surface area contributed by atoms with Crippen LogP contribution < -0.4 is 5.62 Å². The molecule has 3 aromatic carbocycles. The fraction of sp³-hybridized carbons (Fsp3) is 0.231. The Morgan fingerprint density at radius 1 is 0.879 bits per heavy atom. The molecule has 1 heterocycles. The summed E-state index contributed by atoms with van der Waals surface area (Å²) in [5, 5.41) is 19.1. The van der Waals surface area contributed by atoms with E-state index in [1.165, 1.54) is 5.56 Å². The molecule has 1 unspecified atom stereocenters. The van der Waals surface area contributed by atoms with Crippen LogP contribution in [0.1, 0.15) is 33.1 Å². The molecule has 0 aliphatic rings. The van der Waals surface area contributed by atoms with E-state index in [4.69, 9.17) is 5.41 Å². The highest BCUT2D eigenvalue weighted by Gasteiger charge is 2.20. The maximum atomic E-state index is 12.9. The van der Waals surface area contributed by atoms with Crippen molar-refractivity contribution in [3.63, 3.8) is 0 Å². The number of aliphatic hydroxyl groups excluding tert-OH is 1. The van der Waals surface area contributed by atoms with Crippen LogP contribution in [-0.2, 0) is 13.0 Å². The van der Waals surface area contributed by atoms with Crippen LogP contribution in [0, 0.1) is 19.3 Å². The number of aromatic nitrogens is 2. The van der Waals surface area contributed by atoms with Crippen molar-refractivity contribution in [3.05, 3.63) is 101 Å². The molecule has 0 amide bonds. The maximum Gasteiger partial charge on any atom is 0.203 e. The predicted octanol–water partition coefficient (Wildman–Crippen LogP) is 5.35. The predicted molar refractivity (Wildman–Crippen MR) is 143 cm³/mol. The van der Waals surface area contributed by atoms with Gasteiger partial charge in [0.15, 0.2) is 5.78 Å². The molecule has 0 fully saturated rings. The lowest BCUT2D eigenvalue weighted by atomic mass is 10.0. The van der Waals surface area contributed by atoms with Crippen molar-refractivity contribution in [1.82, 2.24) is 9.13 Å². The summed E-state index contributed by atoms with van der Waals surface area (Å²) in [6.45, 7) is 4.02. The first-order valence-corrected chi connectivity index (χ1v) is 10.5. The zero-order chi connectivity index (χ0) is 22.0. The number of hydrogen-bond donors (Lipinski definition) is 2.